The fourth-order valence-corrected chi connectivity index (χ4v) is 9.21. The van der Waals surface area contributed by atoms with E-state index >= 15 is 0 Å². The Bertz CT molecular complexity index is 2840. The van der Waals surface area contributed by atoms with Gasteiger partial charge in [-0.25, -0.2) is 18.7 Å². The topological polar surface area (TPSA) is 301 Å². The Balaban J connectivity index is 2.12. The molecule has 0 unspecified atom stereocenters. The van der Waals surface area contributed by atoms with Crippen LogP contribution in [0.3, 0.4) is 0 Å². The molecule has 0 spiro atoms. The minimum atomic E-state index is -6.16. The summed E-state index contributed by atoms with van der Waals surface area (Å²) < 4.78 is 145. The van der Waals surface area contributed by atoms with E-state index in [9.17, 15) is 61.8 Å². The second kappa shape index (κ2) is 11.2. The molecule has 0 saturated carbocycles. The SMILES string of the molecule is O=C(O)c1c(-c2ccccc2)c2cc3nc(cc4ccc(cc5nc(c(S(=O)(=O)O)c1n2S(=O)(=O)O)C(S(=O)(=O)O)=C5S(=O)(=O)O)[nH]4)C=C3. The molecule has 22 heteroatoms. The third kappa shape index (κ3) is 6.06. The van der Waals surface area contributed by atoms with E-state index in [1.54, 1.807) is 0 Å². The number of nitrogens with one attached hydrogen (secondary N) is 1. The van der Waals surface area contributed by atoms with Crippen molar-refractivity contribution < 1.29 is 61.8 Å². The van der Waals surface area contributed by atoms with E-state index < -0.39 is 94.9 Å². The van der Waals surface area contributed by atoms with E-state index in [0.29, 0.717) is 5.52 Å². The molecule has 5 heterocycles. The average molecular weight is 751 g/mol. The van der Waals surface area contributed by atoms with Gasteiger partial charge in [-0.2, -0.15) is 33.7 Å². The largest absolute Gasteiger partial charge is 0.478 e. The molecule has 8 bridgehead atoms. The second-order valence-corrected chi connectivity index (χ2v) is 15.6. The van der Waals surface area contributed by atoms with Crippen molar-refractivity contribution in [1.29, 1.82) is 0 Å². The maximum absolute atomic E-state index is 13.2. The van der Waals surface area contributed by atoms with Crippen LogP contribution >= 0.6 is 0 Å². The van der Waals surface area contributed by atoms with Crippen molar-refractivity contribution in [3.63, 3.8) is 0 Å². The van der Waals surface area contributed by atoms with Gasteiger partial charge in [0.2, 0.25) is 0 Å². The number of fused-ring (bicyclic) bond motifs is 8. The van der Waals surface area contributed by atoms with Crippen molar-refractivity contribution in [2.45, 2.75) is 4.90 Å². The first-order chi connectivity index (χ1) is 22.7. The Morgan fingerprint density at radius 2 is 1.27 bits per heavy atom. The highest BCUT2D eigenvalue weighted by Crippen LogP contribution is 2.44. The second-order valence-electron chi connectivity index (χ2n) is 10.3. The summed E-state index contributed by atoms with van der Waals surface area (Å²) in [5.41, 5.74) is -6.87. The number of carboxylic acid groups (broad SMARTS) is 1. The fourth-order valence-electron chi connectivity index (χ4n) is 5.39. The van der Waals surface area contributed by atoms with E-state index in [1.807, 2.05) is 0 Å². The van der Waals surface area contributed by atoms with Gasteiger partial charge in [-0.15, -0.1) is 0 Å². The van der Waals surface area contributed by atoms with Crippen LogP contribution in [0.2, 0.25) is 0 Å². The summed E-state index contributed by atoms with van der Waals surface area (Å²) >= 11 is 0. The molecule has 254 valence electrons. The fraction of sp³-hybridized carbons (Fsp3) is 0. The summed E-state index contributed by atoms with van der Waals surface area (Å²) in [6.07, 6.45) is 2.80. The van der Waals surface area contributed by atoms with E-state index in [-0.39, 0.29) is 26.4 Å². The van der Waals surface area contributed by atoms with Gasteiger partial charge in [-0.1, -0.05) is 30.3 Å². The van der Waals surface area contributed by atoms with Crippen molar-refractivity contribution in [2.24, 2.45) is 0 Å². The Morgan fingerprint density at radius 1 is 0.694 bits per heavy atom. The lowest BCUT2D eigenvalue weighted by molar-refractivity contribution is 0.0699. The lowest BCUT2D eigenvalue weighted by atomic mass is 10.0. The number of aromatic amines is 1. The molecule has 6 N–H and O–H groups in total. The third-order valence-corrected chi connectivity index (χ3v) is 10.8. The molecule has 2 aliphatic heterocycles. The average Bonchev–Trinajstić information content (AvgIpc) is 3.73. The molecule has 0 radical (unpaired) electrons. The minimum absolute atomic E-state index is 0.0536. The highest BCUT2D eigenvalue weighted by atomic mass is 32.2. The quantitative estimate of drug-likeness (QED) is 0.136. The third-order valence-electron chi connectivity index (χ3n) is 7.06. The molecule has 3 aromatic heterocycles. The van der Waals surface area contributed by atoms with Gasteiger partial charge in [-0.3, -0.25) is 18.2 Å². The first-order valence-corrected chi connectivity index (χ1v) is 18.8. The lowest BCUT2D eigenvalue weighted by Gasteiger charge is -2.09. The Labute approximate surface area is 275 Å². The van der Waals surface area contributed by atoms with Crippen molar-refractivity contribution in [3.8, 4) is 11.1 Å². The van der Waals surface area contributed by atoms with Gasteiger partial charge in [0.1, 0.15) is 20.4 Å². The van der Waals surface area contributed by atoms with Gasteiger partial charge >= 0.3 is 16.3 Å². The number of hydrogen-bond acceptors (Lipinski definition) is 11. The van der Waals surface area contributed by atoms with Crippen LogP contribution in [0.1, 0.15) is 33.1 Å². The highest BCUT2D eigenvalue weighted by Gasteiger charge is 2.42. The molecule has 6 rings (SSSR count). The molecule has 18 nitrogen and oxygen atoms in total. The number of carbonyl (C=O) groups is 1. The zero-order valence-corrected chi connectivity index (χ0v) is 27.1. The number of hydrogen-bond donors (Lipinski definition) is 6. The van der Waals surface area contributed by atoms with E-state index in [2.05, 4.69) is 15.0 Å². The number of aromatic carboxylic acids is 1. The molecule has 49 heavy (non-hydrogen) atoms. The molecule has 4 aromatic rings. The number of nitrogens with zero attached hydrogens (tertiary/aromatic N) is 3. The van der Waals surface area contributed by atoms with Crippen molar-refractivity contribution in [2.75, 3.05) is 0 Å². The molecule has 2 aliphatic rings. The summed E-state index contributed by atoms with van der Waals surface area (Å²) in [4.78, 5) is 18.1. The molecule has 0 amide bonds. The first-order valence-electron chi connectivity index (χ1n) is 13.1. The Kier molecular flexibility index (Phi) is 7.76. The minimum Gasteiger partial charge on any atom is -0.478 e. The molecule has 0 fully saturated rings. The first kappa shape index (κ1) is 33.8. The summed E-state index contributed by atoms with van der Waals surface area (Å²) in [5.74, 6) is -2.10. The lowest BCUT2D eigenvalue weighted by Crippen LogP contribution is -2.16. The van der Waals surface area contributed by atoms with Crippen molar-refractivity contribution >= 4 is 90.7 Å². The normalized spacial score (nSPS) is 14.0. The summed E-state index contributed by atoms with van der Waals surface area (Å²) in [6, 6.07) is 12.7. The Hall–Kier alpha value is -5.07. The van der Waals surface area contributed by atoms with Crippen LogP contribution in [0, 0.1) is 0 Å². The zero-order chi connectivity index (χ0) is 35.8. The van der Waals surface area contributed by atoms with E-state index in [1.165, 1.54) is 60.7 Å². The zero-order valence-electron chi connectivity index (χ0n) is 23.8. The predicted octanol–water partition coefficient (Wildman–Crippen LogP) is 2.82. The van der Waals surface area contributed by atoms with Crippen LogP contribution < -0.4 is 0 Å². The van der Waals surface area contributed by atoms with Crippen LogP contribution in [0.5, 0.6) is 0 Å². The van der Waals surface area contributed by atoms with Gasteiger partial charge < -0.3 is 10.1 Å². The van der Waals surface area contributed by atoms with Gasteiger partial charge in [0.05, 0.1) is 33.7 Å². The maximum Gasteiger partial charge on any atom is 0.364 e. The molecule has 0 aliphatic carbocycles. The van der Waals surface area contributed by atoms with Crippen LogP contribution in [-0.2, 0) is 40.7 Å². The van der Waals surface area contributed by atoms with Crippen molar-refractivity contribution in [1.82, 2.24) is 18.9 Å². The van der Waals surface area contributed by atoms with Crippen LogP contribution in [0.25, 0.3) is 55.2 Å². The monoisotopic (exact) mass is 750 g/mol. The molecule has 0 atom stereocenters. The van der Waals surface area contributed by atoms with Crippen molar-refractivity contribution in [3.05, 3.63) is 89.0 Å². The number of rotatable bonds is 6. The van der Waals surface area contributed by atoms with Gasteiger partial charge in [0.15, 0.2) is 0 Å². The number of carboxylic acids is 1. The molecule has 0 saturated heterocycles. The number of benzene rings is 1. The highest BCUT2D eigenvalue weighted by molar-refractivity contribution is 8.01. The maximum atomic E-state index is 13.2. The van der Waals surface area contributed by atoms with Crippen LogP contribution in [0.15, 0.2) is 65.6 Å². The van der Waals surface area contributed by atoms with Gasteiger partial charge in [-0.05, 0) is 48.0 Å². The molecule has 1 aromatic carbocycles. The van der Waals surface area contributed by atoms with E-state index in [0.717, 1.165) is 12.1 Å². The molecular weight excluding hydrogens is 733 g/mol. The summed E-state index contributed by atoms with van der Waals surface area (Å²) in [7, 11) is -23.9. The van der Waals surface area contributed by atoms with E-state index in [4.69, 9.17) is 0 Å². The summed E-state index contributed by atoms with van der Waals surface area (Å²) in [6.45, 7) is 0. The van der Waals surface area contributed by atoms with Gasteiger partial charge in [0, 0.05) is 16.6 Å². The smallest absolute Gasteiger partial charge is 0.364 e. The van der Waals surface area contributed by atoms with Crippen LogP contribution in [0.4, 0.5) is 0 Å². The predicted molar refractivity (Wildman–Crippen MR) is 173 cm³/mol. The number of aromatic nitrogens is 4. The number of H-pyrrole nitrogens is 1. The summed E-state index contributed by atoms with van der Waals surface area (Å²) in [5, 5.41) is 10.5. The molecular formula is C27H18N4O14S4. The Morgan fingerprint density at radius 3 is 1.80 bits per heavy atom. The standard InChI is InChI=1S/C27H18N4O14S4/c32-27(33)21-20(13-4-2-1-3-5-13)19-12-17-9-7-15(29-17)10-14-6-8-16(28-14)11-18-24(46(34,35)36)26(48(40,41)42)22(30-18)25(47(37,38)39)23(21)31(19)49(43,44)45/h1-12,28H,(H,32,33)(H,34,35,36)(H,37,38,39)(H,40,41,42)(H,43,44,45). The van der Waals surface area contributed by atoms with Crippen LogP contribution in [-0.4, -0.2) is 81.9 Å². The van der Waals surface area contributed by atoms with Gasteiger partial charge in [0.25, 0.3) is 30.4 Å².